The lowest BCUT2D eigenvalue weighted by atomic mass is 10.6. The van der Waals surface area contributed by atoms with Crippen molar-refractivity contribution in [1.82, 2.24) is 9.97 Å². The molecule has 3 heteroatoms. The number of halogens is 1. The third-order valence-electron chi connectivity index (χ3n) is 0.742. The molecule has 0 aliphatic carbocycles. The van der Waals surface area contributed by atoms with E-state index >= 15 is 0 Å². The van der Waals surface area contributed by atoms with Crippen LogP contribution in [0.3, 0.4) is 0 Å². The summed E-state index contributed by atoms with van der Waals surface area (Å²) in [5.74, 6) is 0.706. The van der Waals surface area contributed by atoms with Gasteiger partial charge >= 0.3 is 0 Å². The fourth-order valence-corrected chi connectivity index (χ4v) is 0.606. The molecule has 0 aliphatic rings. The van der Waals surface area contributed by atoms with E-state index in [9.17, 15) is 0 Å². The Morgan fingerprint density at radius 1 is 1.40 bits per heavy atom. The van der Waals surface area contributed by atoms with Crippen LogP contribution in [0.1, 0.15) is 19.7 Å². The fourth-order valence-electron chi connectivity index (χ4n) is 0.427. The van der Waals surface area contributed by atoms with Gasteiger partial charge in [-0.2, -0.15) is 0 Å². The van der Waals surface area contributed by atoms with Gasteiger partial charge < -0.3 is 0 Å². The molecular formula is C7H11ClN2. The summed E-state index contributed by atoms with van der Waals surface area (Å²) in [6, 6.07) is 1.65. The van der Waals surface area contributed by atoms with Crippen LogP contribution in [0.4, 0.5) is 0 Å². The first-order valence-electron chi connectivity index (χ1n) is 3.24. The lowest BCUT2D eigenvalue weighted by Gasteiger charge is -1.87. The first-order chi connectivity index (χ1) is 4.79. The Kier molecular flexibility index (Phi) is 4.85. The van der Waals surface area contributed by atoms with Gasteiger partial charge in [0.1, 0.15) is 11.0 Å². The molecule has 0 unspecified atom stereocenters. The largest absolute Gasteiger partial charge is 0.242 e. The Morgan fingerprint density at radius 2 is 2.00 bits per heavy atom. The monoisotopic (exact) mass is 158 g/mol. The van der Waals surface area contributed by atoms with E-state index in [1.54, 1.807) is 19.2 Å². The Morgan fingerprint density at radius 3 is 2.30 bits per heavy atom. The highest BCUT2D eigenvalue weighted by atomic mass is 35.5. The molecule has 0 radical (unpaired) electrons. The third-order valence-corrected chi connectivity index (χ3v) is 0.953. The average molecular weight is 159 g/mol. The zero-order valence-electron chi connectivity index (χ0n) is 6.43. The minimum Gasteiger partial charge on any atom is -0.242 e. The first-order valence-corrected chi connectivity index (χ1v) is 3.62. The number of aromatic nitrogens is 2. The summed E-state index contributed by atoms with van der Waals surface area (Å²) in [6.07, 6.45) is 1.63. The van der Waals surface area contributed by atoms with Gasteiger partial charge in [0.2, 0.25) is 0 Å². The molecule has 0 atom stereocenters. The normalized spacial score (nSPS) is 8.00. The van der Waals surface area contributed by atoms with Crippen LogP contribution in [0.2, 0.25) is 5.15 Å². The van der Waals surface area contributed by atoms with Crippen molar-refractivity contribution in [3.63, 3.8) is 0 Å². The van der Waals surface area contributed by atoms with E-state index in [1.807, 2.05) is 13.8 Å². The highest BCUT2D eigenvalue weighted by molar-refractivity contribution is 6.29. The van der Waals surface area contributed by atoms with E-state index in [1.165, 1.54) is 0 Å². The van der Waals surface area contributed by atoms with Gasteiger partial charge in [-0.3, -0.25) is 0 Å². The third kappa shape index (κ3) is 3.41. The highest BCUT2D eigenvalue weighted by Gasteiger charge is 1.85. The molecular weight excluding hydrogens is 148 g/mol. The van der Waals surface area contributed by atoms with Crippen LogP contribution in [-0.4, -0.2) is 9.97 Å². The molecule has 0 spiro atoms. The van der Waals surface area contributed by atoms with Gasteiger partial charge in [-0.1, -0.05) is 25.4 Å². The maximum absolute atomic E-state index is 5.49. The van der Waals surface area contributed by atoms with Crippen molar-refractivity contribution >= 4 is 11.6 Å². The Labute approximate surface area is 66.3 Å². The van der Waals surface area contributed by atoms with Gasteiger partial charge in [-0.25, -0.2) is 9.97 Å². The van der Waals surface area contributed by atoms with Gasteiger partial charge in [0.15, 0.2) is 0 Å². The summed E-state index contributed by atoms with van der Waals surface area (Å²) in [7, 11) is 0. The van der Waals surface area contributed by atoms with Crippen LogP contribution in [0.15, 0.2) is 12.3 Å². The molecule has 1 aromatic heterocycles. The number of rotatable bonds is 0. The molecule has 0 aromatic carbocycles. The lowest BCUT2D eigenvalue weighted by Crippen LogP contribution is -1.83. The number of nitrogens with zero attached hydrogens (tertiary/aromatic N) is 2. The summed E-state index contributed by atoms with van der Waals surface area (Å²) in [6.45, 7) is 5.80. The van der Waals surface area contributed by atoms with Crippen LogP contribution in [0, 0.1) is 6.92 Å². The first kappa shape index (κ1) is 9.37. The predicted molar refractivity (Wildman–Crippen MR) is 43.1 cm³/mol. The number of hydrogen-bond donors (Lipinski definition) is 0. The van der Waals surface area contributed by atoms with E-state index in [0.717, 1.165) is 0 Å². The van der Waals surface area contributed by atoms with E-state index in [2.05, 4.69) is 9.97 Å². The van der Waals surface area contributed by atoms with Crippen molar-refractivity contribution in [1.29, 1.82) is 0 Å². The van der Waals surface area contributed by atoms with Crippen molar-refractivity contribution in [2.75, 3.05) is 0 Å². The molecule has 10 heavy (non-hydrogen) atoms. The predicted octanol–water partition coefficient (Wildman–Crippen LogP) is 2.46. The minimum absolute atomic E-state index is 0.498. The molecule has 1 aromatic rings. The summed E-state index contributed by atoms with van der Waals surface area (Å²) < 4.78 is 0. The minimum atomic E-state index is 0.498. The maximum Gasteiger partial charge on any atom is 0.132 e. The molecule has 56 valence electrons. The van der Waals surface area contributed by atoms with E-state index in [4.69, 9.17) is 11.6 Å². The van der Waals surface area contributed by atoms with Gasteiger partial charge in [-0.05, 0) is 13.0 Å². The topological polar surface area (TPSA) is 25.8 Å². The van der Waals surface area contributed by atoms with E-state index in [0.29, 0.717) is 11.0 Å². The van der Waals surface area contributed by atoms with Gasteiger partial charge in [0, 0.05) is 6.20 Å². The highest BCUT2D eigenvalue weighted by Crippen LogP contribution is 1.99. The molecule has 0 saturated heterocycles. The van der Waals surface area contributed by atoms with Crippen molar-refractivity contribution in [3.8, 4) is 0 Å². The second kappa shape index (κ2) is 5.18. The molecule has 0 bridgehead atoms. The number of hydrogen-bond acceptors (Lipinski definition) is 2. The quantitative estimate of drug-likeness (QED) is 0.542. The van der Waals surface area contributed by atoms with Gasteiger partial charge in [0.05, 0.1) is 0 Å². The van der Waals surface area contributed by atoms with E-state index < -0.39 is 0 Å². The molecule has 2 nitrogen and oxygen atoms in total. The van der Waals surface area contributed by atoms with Crippen LogP contribution < -0.4 is 0 Å². The maximum atomic E-state index is 5.49. The van der Waals surface area contributed by atoms with Crippen molar-refractivity contribution < 1.29 is 0 Å². The summed E-state index contributed by atoms with van der Waals surface area (Å²) >= 11 is 5.49. The second-order valence-corrected chi connectivity index (χ2v) is 1.81. The fraction of sp³-hybridized carbons (Fsp3) is 0.429. The summed E-state index contributed by atoms with van der Waals surface area (Å²) in [5.41, 5.74) is 0. The molecule has 0 aliphatic heterocycles. The average Bonchev–Trinajstić information content (AvgIpc) is 1.91. The zero-order chi connectivity index (χ0) is 7.98. The standard InChI is InChI=1S/C5H5ClN2.C2H6/c1-4-7-3-2-5(6)8-4;1-2/h2-3H,1H3;1-2H3. The van der Waals surface area contributed by atoms with E-state index in [-0.39, 0.29) is 0 Å². The second-order valence-electron chi connectivity index (χ2n) is 1.43. The molecule has 0 amide bonds. The molecule has 0 saturated carbocycles. The molecule has 1 rings (SSSR count). The molecule has 0 N–H and O–H groups in total. The number of aryl methyl sites for hydroxylation is 1. The summed E-state index contributed by atoms with van der Waals surface area (Å²) in [4.78, 5) is 7.67. The Bertz CT molecular complexity index is 171. The lowest BCUT2D eigenvalue weighted by molar-refractivity contribution is 1.05. The molecule has 1 heterocycles. The summed E-state index contributed by atoms with van der Waals surface area (Å²) in [5, 5.41) is 0.498. The van der Waals surface area contributed by atoms with Crippen LogP contribution in [0.25, 0.3) is 0 Å². The van der Waals surface area contributed by atoms with Gasteiger partial charge in [-0.15, -0.1) is 0 Å². The smallest absolute Gasteiger partial charge is 0.132 e. The molecule has 0 fully saturated rings. The zero-order valence-corrected chi connectivity index (χ0v) is 7.18. The van der Waals surface area contributed by atoms with Crippen molar-refractivity contribution in [2.45, 2.75) is 20.8 Å². The van der Waals surface area contributed by atoms with Crippen molar-refractivity contribution in [2.24, 2.45) is 0 Å². The van der Waals surface area contributed by atoms with Crippen LogP contribution in [0.5, 0.6) is 0 Å². The Balaban J connectivity index is 0.000000371. The SMILES string of the molecule is CC.Cc1nccc(Cl)n1. The van der Waals surface area contributed by atoms with Crippen molar-refractivity contribution in [3.05, 3.63) is 23.2 Å². The van der Waals surface area contributed by atoms with Crippen LogP contribution in [-0.2, 0) is 0 Å². The van der Waals surface area contributed by atoms with Gasteiger partial charge in [0.25, 0.3) is 0 Å². The Hall–Kier alpha value is -0.630. The van der Waals surface area contributed by atoms with Crippen LogP contribution >= 0.6 is 11.6 Å².